The highest BCUT2D eigenvalue weighted by atomic mass is 19.1. The minimum atomic E-state index is -0.729. The molecule has 1 rings (SSSR count). The third-order valence-electron chi connectivity index (χ3n) is 2.33. The van der Waals surface area contributed by atoms with Crippen LogP contribution in [-0.2, 0) is 11.3 Å². The Labute approximate surface area is 100 Å². The summed E-state index contributed by atoms with van der Waals surface area (Å²) in [5.41, 5.74) is 0.684. The van der Waals surface area contributed by atoms with E-state index in [0.717, 1.165) is 0 Å². The van der Waals surface area contributed by atoms with E-state index in [9.17, 15) is 9.18 Å². The topological polar surface area (TPSA) is 50.4 Å². The highest BCUT2D eigenvalue weighted by molar-refractivity contribution is 5.80. The number of hydrogen-bond acceptors (Lipinski definition) is 3. The maximum atomic E-state index is 13.6. The van der Waals surface area contributed by atoms with Crippen LogP contribution in [-0.4, -0.2) is 26.1 Å². The number of rotatable bonds is 5. The standard InChI is InChI=1S/C12H17FN2O2/c1-8(12(16)15-3)17-11-9(7-14-2)5-4-6-10(11)13/h4-6,8,14H,7H2,1-3H3,(H,15,16). The number of ether oxygens (including phenoxy) is 1. The van der Waals surface area contributed by atoms with Gasteiger partial charge in [-0.2, -0.15) is 0 Å². The number of para-hydroxylation sites is 1. The summed E-state index contributed by atoms with van der Waals surface area (Å²) < 4.78 is 19.0. The van der Waals surface area contributed by atoms with Crippen molar-refractivity contribution in [1.82, 2.24) is 10.6 Å². The SMILES string of the molecule is CNCc1cccc(F)c1OC(C)C(=O)NC. The van der Waals surface area contributed by atoms with Crippen LogP contribution >= 0.6 is 0 Å². The molecule has 0 fully saturated rings. The average molecular weight is 240 g/mol. The summed E-state index contributed by atoms with van der Waals surface area (Å²) in [5.74, 6) is -0.630. The van der Waals surface area contributed by atoms with Gasteiger partial charge in [0.15, 0.2) is 17.7 Å². The van der Waals surface area contributed by atoms with Crippen LogP contribution in [0.2, 0.25) is 0 Å². The van der Waals surface area contributed by atoms with Crippen LogP contribution in [0.1, 0.15) is 12.5 Å². The molecule has 5 heteroatoms. The Morgan fingerprint density at radius 3 is 2.76 bits per heavy atom. The van der Waals surface area contributed by atoms with Gasteiger partial charge in [-0.25, -0.2) is 4.39 Å². The predicted molar refractivity (Wildman–Crippen MR) is 63.3 cm³/mol. The molecule has 0 heterocycles. The molecular weight excluding hydrogens is 223 g/mol. The first-order valence-corrected chi connectivity index (χ1v) is 5.40. The fraction of sp³-hybridized carbons (Fsp3) is 0.417. The number of nitrogens with one attached hydrogen (secondary N) is 2. The molecule has 2 N–H and O–H groups in total. The molecule has 17 heavy (non-hydrogen) atoms. The monoisotopic (exact) mass is 240 g/mol. The highest BCUT2D eigenvalue weighted by Gasteiger charge is 2.17. The molecule has 0 aliphatic rings. The zero-order valence-electron chi connectivity index (χ0n) is 10.2. The number of carbonyl (C=O) groups excluding carboxylic acids is 1. The first-order valence-electron chi connectivity index (χ1n) is 5.40. The van der Waals surface area contributed by atoms with Crippen LogP contribution in [0.4, 0.5) is 4.39 Å². The second-order valence-electron chi connectivity index (χ2n) is 3.63. The van der Waals surface area contributed by atoms with Gasteiger partial charge >= 0.3 is 0 Å². The molecule has 0 saturated carbocycles. The molecule has 1 unspecified atom stereocenters. The van der Waals surface area contributed by atoms with E-state index >= 15 is 0 Å². The zero-order valence-corrected chi connectivity index (χ0v) is 10.2. The van der Waals surface area contributed by atoms with Crippen molar-refractivity contribution in [3.05, 3.63) is 29.6 Å². The van der Waals surface area contributed by atoms with E-state index in [1.165, 1.54) is 13.1 Å². The minimum absolute atomic E-state index is 0.123. The van der Waals surface area contributed by atoms with E-state index in [0.29, 0.717) is 12.1 Å². The van der Waals surface area contributed by atoms with Crippen LogP contribution in [0.25, 0.3) is 0 Å². The molecule has 1 amide bonds. The van der Waals surface area contributed by atoms with Gasteiger partial charge in [0.05, 0.1) is 0 Å². The van der Waals surface area contributed by atoms with Crippen LogP contribution in [0, 0.1) is 5.82 Å². The van der Waals surface area contributed by atoms with Crippen LogP contribution < -0.4 is 15.4 Å². The molecule has 1 aromatic carbocycles. The Hall–Kier alpha value is -1.62. The fourth-order valence-electron chi connectivity index (χ4n) is 1.45. The predicted octanol–water partition coefficient (Wildman–Crippen LogP) is 1.06. The Balaban J connectivity index is 2.92. The summed E-state index contributed by atoms with van der Waals surface area (Å²) in [6, 6.07) is 4.68. The summed E-state index contributed by atoms with van der Waals surface area (Å²) in [6.45, 7) is 2.06. The highest BCUT2D eigenvalue weighted by Crippen LogP contribution is 2.23. The van der Waals surface area contributed by atoms with E-state index < -0.39 is 11.9 Å². The van der Waals surface area contributed by atoms with E-state index in [4.69, 9.17) is 4.74 Å². The summed E-state index contributed by atoms with van der Waals surface area (Å²) in [7, 11) is 3.27. The molecule has 4 nitrogen and oxygen atoms in total. The number of carbonyl (C=O) groups is 1. The van der Waals surface area contributed by atoms with E-state index in [1.807, 2.05) is 0 Å². The average Bonchev–Trinajstić information content (AvgIpc) is 2.32. The van der Waals surface area contributed by atoms with E-state index in [2.05, 4.69) is 10.6 Å². The van der Waals surface area contributed by atoms with Crippen molar-refractivity contribution in [1.29, 1.82) is 0 Å². The first kappa shape index (κ1) is 13.4. The molecule has 0 aliphatic carbocycles. The van der Waals surface area contributed by atoms with Gasteiger partial charge in [0.1, 0.15) is 0 Å². The Bertz CT molecular complexity index is 396. The van der Waals surface area contributed by atoms with Crippen molar-refractivity contribution in [3.8, 4) is 5.75 Å². The van der Waals surface area contributed by atoms with Gasteiger partial charge in [-0.15, -0.1) is 0 Å². The lowest BCUT2D eigenvalue weighted by Gasteiger charge is -2.16. The van der Waals surface area contributed by atoms with Crippen LogP contribution in [0.15, 0.2) is 18.2 Å². The molecule has 0 saturated heterocycles. The van der Waals surface area contributed by atoms with Gasteiger partial charge in [-0.05, 0) is 20.0 Å². The summed E-state index contributed by atoms with van der Waals surface area (Å²) in [6.07, 6.45) is -0.729. The van der Waals surface area contributed by atoms with Crippen LogP contribution in [0.5, 0.6) is 5.75 Å². The summed E-state index contributed by atoms with van der Waals surface area (Å²) >= 11 is 0. The number of likely N-dealkylation sites (N-methyl/N-ethyl adjacent to an activating group) is 1. The molecule has 0 spiro atoms. The minimum Gasteiger partial charge on any atom is -0.477 e. The molecule has 1 aromatic rings. The number of hydrogen-bond donors (Lipinski definition) is 2. The maximum absolute atomic E-state index is 13.6. The zero-order chi connectivity index (χ0) is 12.8. The van der Waals surface area contributed by atoms with E-state index in [1.54, 1.807) is 26.1 Å². The van der Waals surface area contributed by atoms with Gasteiger partial charge in [0.2, 0.25) is 0 Å². The molecule has 0 radical (unpaired) electrons. The maximum Gasteiger partial charge on any atom is 0.260 e. The third-order valence-corrected chi connectivity index (χ3v) is 2.33. The second-order valence-corrected chi connectivity index (χ2v) is 3.63. The quantitative estimate of drug-likeness (QED) is 0.809. The fourth-order valence-corrected chi connectivity index (χ4v) is 1.45. The molecule has 0 aromatic heterocycles. The Morgan fingerprint density at radius 2 is 2.18 bits per heavy atom. The van der Waals surface area contributed by atoms with Crippen molar-refractivity contribution in [2.24, 2.45) is 0 Å². The number of amides is 1. The van der Waals surface area contributed by atoms with Gasteiger partial charge < -0.3 is 15.4 Å². The second kappa shape index (κ2) is 6.20. The van der Waals surface area contributed by atoms with Crippen LogP contribution in [0.3, 0.4) is 0 Å². The Kier molecular flexibility index (Phi) is 4.90. The smallest absolute Gasteiger partial charge is 0.260 e. The first-order chi connectivity index (χ1) is 8.10. The summed E-state index contributed by atoms with van der Waals surface area (Å²) in [5, 5.41) is 5.37. The lowest BCUT2D eigenvalue weighted by atomic mass is 10.2. The third kappa shape index (κ3) is 3.42. The van der Waals surface area contributed by atoms with Gasteiger partial charge in [-0.1, -0.05) is 12.1 Å². The largest absolute Gasteiger partial charge is 0.477 e. The lowest BCUT2D eigenvalue weighted by Crippen LogP contribution is -2.34. The van der Waals surface area contributed by atoms with Crippen molar-refractivity contribution in [3.63, 3.8) is 0 Å². The number of benzene rings is 1. The van der Waals surface area contributed by atoms with Gasteiger partial charge in [0.25, 0.3) is 5.91 Å². The Morgan fingerprint density at radius 1 is 1.47 bits per heavy atom. The van der Waals surface area contributed by atoms with Crippen molar-refractivity contribution >= 4 is 5.91 Å². The molecule has 0 bridgehead atoms. The van der Waals surface area contributed by atoms with Crippen molar-refractivity contribution in [2.75, 3.05) is 14.1 Å². The van der Waals surface area contributed by atoms with Crippen molar-refractivity contribution < 1.29 is 13.9 Å². The van der Waals surface area contributed by atoms with Gasteiger partial charge in [-0.3, -0.25) is 4.79 Å². The van der Waals surface area contributed by atoms with E-state index in [-0.39, 0.29) is 11.7 Å². The summed E-state index contributed by atoms with van der Waals surface area (Å²) in [4.78, 5) is 11.3. The lowest BCUT2D eigenvalue weighted by molar-refractivity contribution is -0.126. The normalized spacial score (nSPS) is 12.0. The molecular formula is C12H17FN2O2. The molecule has 1 atom stereocenters. The molecule has 0 aliphatic heterocycles. The molecule has 94 valence electrons. The number of halogens is 1. The van der Waals surface area contributed by atoms with Gasteiger partial charge in [0, 0.05) is 19.2 Å². The van der Waals surface area contributed by atoms with Crippen molar-refractivity contribution in [2.45, 2.75) is 19.6 Å².